The van der Waals surface area contributed by atoms with E-state index in [2.05, 4.69) is 10.3 Å². The van der Waals surface area contributed by atoms with E-state index in [0.717, 1.165) is 28.0 Å². The van der Waals surface area contributed by atoms with Gasteiger partial charge < -0.3 is 15.0 Å². The van der Waals surface area contributed by atoms with E-state index in [-0.39, 0.29) is 10.6 Å². The van der Waals surface area contributed by atoms with Crippen LogP contribution in [0.5, 0.6) is 5.75 Å². The van der Waals surface area contributed by atoms with Crippen molar-refractivity contribution in [3.8, 4) is 5.75 Å². The number of nitrogens with zero attached hydrogens (tertiary/aromatic N) is 1. The van der Waals surface area contributed by atoms with Crippen LogP contribution in [-0.2, 0) is 14.4 Å². The van der Waals surface area contributed by atoms with Crippen molar-refractivity contribution in [3.63, 3.8) is 0 Å². The van der Waals surface area contributed by atoms with Gasteiger partial charge in [-0.3, -0.25) is 19.2 Å². The zero-order valence-corrected chi connectivity index (χ0v) is 23.9. The minimum atomic E-state index is -0.879. The standard InChI is InChI=1S/C28H18Cl2FN3O5S2/c29-13-1-8-17(9-2-13)34-26(36)22-21(23-25(33-28(38)41-23)40-24(22)27(34)37)18-11-14(30)3-10-19(18)39-12-20(35)32-16-6-4-15(31)5-7-16/h1-11,21-22,24H,12H2,(H,32,35)(H,33,38). The molecule has 2 N–H and O–H groups in total. The second-order valence-corrected chi connectivity index (χ2v) is 12.3. The predicted molar refractivity (Wildman–Crippen MR) is 156 cm³/mol. The van der Waals surface area contributed by atoms with Crippen LogP contribution in [0.2, 0.25) is 10.0 Å². The Morgan fingerprint density at radius 2 is 1.68 bits per heavy atom. The van der Waals surface area contributed by atoms with Crippen LogP contribution in [0.25, 0.3) is 0 Å². The number of H-pyrrole nitrogens is 1. The van der Waals surface area contributed by atoms with E-state index < -0.39 is 47.2 Å². The molecular weight excluding hydrogens is 612 g/mol. The number of halogens is 3. The van der Waals surface area contributed by atoms with Gasteiger partial charge in [-0.25, -0.2) is 9.29 Å². The highest BCUT2D eigenvalue weighted by atomic mass is 35.5. The van der Waals surface area contributed by atoms with Gasteiger partial charge in [-0.05, 0) is 66.7 Å². The van der Waals surface area contributed by atoms with Gasteiger partial charge in [0.05, 0.1) is 16.6 Å². The molecule has 208 valence electrons. The number of anilines is 2. The summed E-state index contributed by atoms with van der Waals surface area (Å²) in [7, 11) is 0. The Labute approximate surface area is 250 Å². The molecular formula is C28H18Cl2FN3O5S2. The third kappa shape index (κ3) is 5.26. The number of hydrogen-bond donors (Lipinski definition) is 2. The molecule has 8 nitrogen and oxygen atoms in total. The molecule has 0 spiro atoms. The summed E-state index contributed by atoms with van der Waals surface area (Å²) in [6.45, 7) is -0.401. The lowest BCUT2D eigenvalue weighted by molar-refractivity contribution is -0.122. The Morgan fingerprint density at radius 1 is 0.976 bits per heavy atom. The number of carbonyl (C=O) groups excluding carboxylic acids is 3. The molecule has 13 heteroatoms. The third-order valence-corrected chi connectivity index (χ3v) is 9.59. The molecule has 4 aromatic rings. The van der Waals surface area contributed by atoms with Gasteiger partial charge in [-0.2, -0.15) is 0 Å². The Morgan fingerprint density at radius 3 is 2.41 bits per heavy atom. The fourth-order valence-electron chi connectivity index (χ4n) is 4.96. The summed E-state index contributed by atoms with van der Waals surface area (Å²) in [5.74, 6) is -3.17. The number of thiazole rings is 1. The highest BCUT2D eigenvalue weighted by Gasteiger charge is 2.56. The SMILES string of the molecule is O=C(COc1ccc(Cl)cc1C1c2sc(=O)[nH]c2SC2C(=O)N(c3ccc(Cl)cc3)C(=O)C21)Nc1ccc(F)cc1. The maximum Gasteiger partial charge on any atom is 0.305 e. The Balaban J connectivity index is 1.36. The fourth-order valence-corrected chi connectivity index (χ4v) is 7.78. The molecule has 0 radical (unpaired) electrons. The number of fused-ring (bicyclic) bond motifs is 2. The highest BCUT2D eigenvalue weighted by molar-refractivity contribution is 8.00. The van der Waals surface area contributed by atoms with Crippen LogP contribution in [0.1, 0.15) is 16.4 Å². The van der Waals surface area contributed by atoms with Gasteiger partial charge >= 0.3 is 4.87 Å². The van der Waals surface area contributed by atoms with E-state index in [1.54, 1.807) is 42.5 Å². The Hall–Kier alpha value is -3.64. The Kier molecular flexibility index (Phi) is 7.37. The quantitative estimate of drug-likeness (QED) is 0.265. The number of ether oxygens (including phenoxy) is 1. The van der Waals surface area contributed by atoms with E-state index in [4.69, 9.17) is 27.9 Å². The molecule has 0 saturated carbocycles. The number of nitrogens with one attached hydrogen (secondary N) is 2. The minimum absolute atomic E-state index is 0.260. The van der Waals surface area contributed by atoms with E-state index in [1.807, 2.05) is 0 Å². The largest absolute Gasteiger partial charge is 0.483 e. The first-order chi connectivity index (χ1) is 19.7. The number of benzene rings is 3. The van der Waals surface area contributed by atoms with E-state index in [0.29, 0.717) is 36.9 Å². The molecule has 2 aliphatic rings. The molecule has 3 heterocycles. The lowest BCUT2D eigenvalue weighted by atomic mass is 9.82. The van der Waals surface area contributed by atoms with Crippen LogP contribution in [0.15, 0.2) is 76.6 Å². The number of thioether (sulfide) groups is 1. The van der Waals surface area contributed by atoms with E-state index >= 15 is 0 Å². The van der Waals surface area contributed by atoms with Crippen molar-refractivity contribution >= 4 is 75.4 Å². The summed E-state index contributed by atoms with van der Waals surface area (Å²) >= 11 is 14.5. The molecule has 3 atom stereocenters. The number of rotatable bonds is 6. The summed E-state index contributed by atoms with van der Waals surface area (Å²) < 4.78 is 19.1. The van der Waals surface area contributed by atoms with Gasteiger partial charge in [0, 0.05) is 32.1 Å². The number of imide groups is 1. The monoisotopic (exact) mass is 629 g/mol. The third-order valence-electron chi connectivity index (χ3n) is 6.70. The summed E-state index contributed by atoms with van der Waals surface area (Å²) in [6.07, 6.45) is 0. The number of hydrogen-bond acceptors (Lipinski definition) is 7. The highest BCUT2D eigenvalue weighted by Crippen LogP contribution is 2.54. The van der Waals surface area contributed by atoms with Crippen molar-refractivity contribution in [1.82, 2.24) is 4.98 Å². The smallest absolute Gasteiger partial charge is 0.305 e. The zero-order chi connectivity index (χ0) is 28.8. The van der Waals surface area contributed by atoms with Crippen molar-refractivity contribution in [2.24, 2.45) is 5.92 Å². The van der Waals surface area contributed by atoms with Crippen molar-refractivity contribution in [3.05, 3.63) is 103 Å². The second kappa shape index (κ2) is 11.0. The second-order valence-electron chi connectivity index (χ2n) is 9.26. The maximum absolute atomic E-state index is 13.9. The van der Waals surface area contributed by atoms with E-state index in [9.17, 15) is 23.6 Å². The van der Waals surface area contributed by atoms with Crippen molar-refractivity contribution in [2.45, 2.75) is 16.2 Å². The van der Waals surface area contributed by atoms with Gasteiger partial charge in [0.15, 0.2) is 6.61 Å². The molecule has 0 bridgehead atoms. The van der Waals surface area contributed by atoms with Crippen molar-refractivity contribution in [1.29, 1.82) is 0 Å². The number of carbonyl (C=O) groups is 3. The van der Waals surface area contributed by atoms with Gasteiger partial charge in [-0.1, -0.05) is 46.3 Å². The first-order valence-corrected chi connectivity index (χ1v) is 14.7. The zero-order valence-electron chi connectivity index (χ0n) is 20.7. The van der Waals surface area contributed by atoms with Crippen LogP contribution in [0.4, 0.5) is 15.8 Å². The molecule has 41 heavy (non-hydrogen) atoms. The van der Waals surface area contributed by atoms with Gasteiger partial charge in [-0.15, -0.1) is 0 Å². The van der Waals surface area contributed by atoms with Gasteiger partial charge in [0.25, 0.3) is 5.91 Å². The molecule has 1 saturated heterocycles. The fraction of sp³-hybridized carbons (Fsp3) is 0.143. The molecule has 0 aliphatic carbocycles. The average Bonchev–Trinajstić information content (AvgIpc) is 3.44. The molecule has 2 aliphatic heterocycles. The summed E-state index contributed by atoms with van der Waals surface area (Å²) in [5.41, 5.74) is 1.23. The van der Waals surface area contributed by atoms with Crippen molar-refractivity contribution < 1.29 is 23.5 Å². The minimum Gasteiger partial charge on any atom is -0.483 e. The van der Waals surface area contributed by atoms with Gasteiger partial charge in [0.1, 0.15) is 16.8 Å². The number of aromatic nitrogens is 1. The first-order valence-electron chi connectivity index (χ1n) is 12.2. The molecule has 6 rings (SSSR count). The molecule has 1 fully saturated rings. The maximum atomic E-state index is 13.9. The number of aromatic amines is 1. The average molecular weight is 631 g/mol. The van der Waals surface area contributed by atoms with Crippen molar-refractivity contribution in [2.75, 3.05) is 16.8 Å². The van der Waals surface area contributed by atoms with Crippen LogP contribution in [0.3, 0.4) is 0 Å². The van der Waals surface area contributed by atoms with Gasteiger partial charge in [0.2, 0.25) is 11.8 Å². The molecule has 3 unspecified atom stereocenters. The van der Waals surface area contributed by atoms with E-state index in [1.165, 1.54) is 24.3 Å². The molecule has 3 aromatic carbocycles. The van der Waals surface area contributed by atoms with Crippen LogP contribution in [0, 0.1) is 11.7 Å². The van der Waals surface area contributed by atoms with Crippen LogP contribution in [-0.4, -0.2) is 34.6 Å². The topological polar surface area (TPSA) is 109 Å². The number of amides is 3. The Bertz CT molecular complexity index is 1740. The summed E-state index contributed by atoms with van der Waals surface area (Å²) in [4.78, 5) is 56.8. The molecule has 1 aromatic heterocycles. The van der Waals surface area contributed by atoms with Crippen LogP contribution >= 0.6 is 46.3 Å². The van der Waals surface area contributed by atoms with Crippen LogP contribution < -0.4 is 19.8 Å². The normalized spacial score (nSPS) is 19.6. The lowest BCUT2D eigenvalue weighted by Crippen LogP contribution is -2.32. The summed E-state index contributed by atoms with van der Waals surface area (Å²) in [6, 6.07) is 16.4. The first kappa shape index (κ1) is 27.5. The summed E-state index contributed by atoms with van der Waals surface area (Å²) in [5, 5.41) is 3.09. The predicted octanol–water partition coefficient (Wildman–Crippen LogP) is 5.70. The molecule has 3 amide bonds. The lowest BCUT2D eigenvalue weighted by Gasteiger charge is -2.31.